The van der Waals surface area contributed by atoms with Crippen LogP contribution in [0.1, 0.15) is 37.3 Å². The van der Waals surface area contributed by atoms with Crippen LogP contribution < -0.4 is 5.69 Å². The Balaban J connectivity index is 1.09. The van der Waals surface area contributed by atoms with Gasteiger partial charge in [-0.15, -0.1) is 0 Å². The maximum Gasteiger partial charge on any atom is 0.410 e. The molecule has 1 N–H and O–H groups in total. The molecule has 46 heavy (non-hydrogen) atoms. The van der Waals surface area contributed by atoms with Crippen LogP contribution in [0.3, 0.4) is 0 Å². The first-order chi connectivity index (χ1) is 22.2. The zero-order chi connectivity index (χ0) is 32.2. The number of imidazole rings is 1. The lowest BCUT2D eigenvalue weighted by Crippen LogP contribution is -2.54. The number of nitrogens with zero attached hydrogens (tertiary/aromatic N) is 5. The summed E-state index contributed by atoms with van der Waals surface area (Å²) in [4.78, 5) is 51.5. The summed E-state index contributed by atoms with van der Waals surface area (Å²) in [7, 11) is 2.15. The number of aromatic nitrogens is 2. The first-order valence-electron chi connectivity index (χ1n) is 16.2. The van der Waals surface area contributed by atoms with Gasteiger partial charge in [-0.2, -0.15) is 0 Å². The van der Waals surface area contributed by atoms with Gasteiger partial charge in [-0.25, -0.2) is 9.59 Å². The third-order valence-electron chi connectivity index (χ3n) is 9.70. The molecule has 1 atom stereocenters. The van der Waals surface area contributed by atoms with Crippen LogP contribution >= 0.6 is 23.2 Å². The molecule has 246 valence electrons. The average Bonchev–Trinajstić information content (AvgIpc) is 3.48. The first-order valence-corrected chi connectivity index (χ1v) is 17.0. The Bertz CT molecular complexity index is 1560. The van der Waals surface area contributed by atoms with Crippen molar-refractivity contribution in [1.29, 1.82) is 0 Å². The lowest BCUT2D eigenvalue weighted by Gasteiger charge is -2.42. The van der Waals surface area contributed by atoms with Crippen molar-refractivity contribution in [3.8, 4) is 11.3 Å². The largest absolute Gasteiger partial charge is 0.436 e. The average molecular weight is 670 g/mol. The van der Waals surface area contributed by atoms with Gasteiger partial charge in [0, 0.05) is 77.1 Å². The molecule has 3 aromatic rings. The molecule has 3 saturated heterocycles. The van der Waals surface area contributed by atoms with Gasteiger partial charge < -0.3 is 24.4 Å². The Morgan fingerprint density at radius 2 is 1.50 bits per heavy atom. The van der Waals surface area contributed by atoms with Crippen LogP contribution in [0.15, 0.2) is 59.5 Å². The number of nitrogens with one attached hydrogen (secondary N) is 1. The Hall–Kier alpha value is -3.31. The number of carbonyl (C=O) groups excluding carboxylic acids is 2. The molecule has 1 aromatic heterocycles. The minimum Gasteiger partial charge on any atom is -0.436 e. The number of halogens is 2. The fraction of sp³-hybridized carbons (Fsp3) is 0.500. The van der Waals surface area contributed by atoms with E-state index in [0.29, 0.717) is 55.1 Å². The van der Waals surface area contributed by atoms with Gasteiger partial charge in [-0.1, -0.05) is 59.6 Å². The minimum atomic E-state index is -0.983. The smallest absolute Gasteiger partial charge is 0.410 e. The highest BCUT2D eigenvalue weighted by Crippen LogP contribution is 2.27. The molecule has 3 aliphatic heterocycles. The maximum atomic E-state index is 13.9. The molecule has 0 radical (unpaired) electrons. The molecule has 0 bridgehead atoms. The van der Waals surface area contributed by atoms with E-state index < -0.39 is 12.2 Å². The molecule has 2 aromatic carbocycles. The molecule has 0 aliphatic carbocycles. The highest BCUT2D eigenvalue weighted by molar-refractivity contribution is 6.42. The third kappa shape index (κ3) is 7.62. The SMILES string of the molecule is CN1CCN(C2CCN(C(=O)C(Cc3ccc(Cl)c(Cl)c3)OC(=O)N3CCC(n4cc(-c5ccccc5)[nH]c4=O)CC3)CC2)CC1. The van der Waals surface area contributed by atoms with Gasteiger partial charge in [0.1, 0.15) is 0 Å². The number of likely N-dealkylation sites (N-methyl/N-ethyl adjacent to an activating group) is 1. The number of H-pyrrole nitrogens is 1. The fourth-order valence-electron chi connectivity index (χ4n) is 6.87. The predicted molar refractivity (Wildman–Crippen MR) is 179 cm³/mol. The van der Waals surface area contributed by atoms with E-state index in [-0.39, 0.29) is 24.1 Å². The second-order valence-corrected chi connectivity index (χ2v) is 13.5. The van der Waals surface area contributed by atoms with Crippen molar-refractivity contribution in [2.75, 3.05) is 59.4 Å². The summed E-state index contributed by atoms with van der Waals surface area (Å²) in [5.74, 6) is -0.182. The summed E-state index contributed by atoms with van der Waals surface area (Å²) in [5.41, 5.74) is 2.32. The summed E-state index contributed by atoms with van der Waals surface area (Å²) in [5, 5.41) is 0.818. The normalized spacial score (nSPS) is 19.7. The molecule has 0 spiro atoms. The minimum absolute atomic E-state index is 0.0412. The molecule has 2 amide bonds. The molecule has 3 aliphatic rings. The van der Waals surface area contributed by atoms with Gasteiger partial charge >= 0.3 is 11.8 Å². The Kier molecular flexibility index (Phi) is 10.4. The summed E-state index contributed by atoms with van der Waals surface area (Å²) in [6.07, 6.45) is 3.58. The monoisotopic (exact) mass is 668 g/mol. The van der Waals surface area contributed by atoms with E-state index >= 15 is 0 Å². The molecule has 0 saturated carbocycles. The standard InChI is InChI=1S/C34H42Cl2N6O4/c1-38-17-19-39(20-18-38)26-9-13-40(14-10-26)32(43)31(22-24-7-8-28(35)29(36)21-24)46-34(45)41-15-11-27(12-16-41)42-23-30(37-33(42)44)25-5-3-2-4-6-25/h2-8,21,23,26-27,31H,9-20,22H2,1H3,(H,37,44). The Morgan fingerprint density at radius 3 is 2.17 bits per heavy atom. The Morgan fingerprint density at radius 1 is 0.848 bits per heavy atom. The molecule has 10 nitrogen and oxygen atoms in total. The number of piperazine rings is 1. The number of rotatable bonds is 7. The van der Waals surface area contributed by atoms with E-state index in [9.17, 15) is 14.4 Å². The van der Waals surface area contributed by atoms with Gasteiger partial charge in [0.05, 0.1) is 15.7 Å². The quantitative estimate of drug-likeness (QED) is 0.390. The van der Waals surface area contributed by atoms with Gasteiger partial charge in [-0.3, -0.25) is 14.3 Å². The third-order valence-corrected chi connectivity index (χ3v) is 10.4. The van der Waals surface area contributed by atoms with E-state index in [2.05, 4.69) is 21.8 Å². The molecule has 4 heterocycles. The lowest BCUT2D eigenvalue weighted by molar-refractivity contribution is -0.142. The highest BCUT2D eigenvalue weighted by atomic mass is 35.5. The summed E-state index contributed by atoms with van der Waals surface area (Å²) < 4.78 is 7.72. The molecule has 1 unspecified atom stereocenters. The predicted octanol–water partition coefficient (Wildman–Crippen LogP) is 4.77. The van der Waals surface area contributed by atoms with Gasteiger partial charge in [0.25, 0.3) is 5.91 Å². The summed E-state index contributed by atoms with van der Waals surface area (Å²) in [6, 6.07) is 15.4. The number of ether oxygens (including phenoxy) is 1. The van der Waals surface area contributed by atoms with Gasteiger partial charge in [0.15, 0.2) is 6.10 Å². The van der Waals surface area contributed by atoms with Crippen molar-refractivity contribution in [1.82, 2.24) is 29.2 Å². The van der Waals surface area contributed by atoms with Crippen molar-refractivity contribution in [2.45, 2.75) is 50.3 Å². The van der Waals surface area contributed by atoms with Crippen LogP contribution in [-0.2, 0) is 16.0 Å². The maximum absolute atomic E-state index is 13.9. The highest BCUT2D eigenvalue weighted by Gasteiger charge is 2.35. The van der Waals surface area contributed by atoms with Crippen LogP contribution in [0.2, 0.25) is 10.0 Å². The van der Waals surface area contributed by atoms with E-state index in [1.807, 2.05) is 47.5 Å². The van der Waals surface area contributed by atoms with Crippen molar-refractivity contribution in [3.05, 3.63) is 80.8 Å². The summed E-state index contributed by atoms with van der Waals surface area (Å²) >= 11 is 12.4. The number of hydrogen-bond donors (Lipinski definition) is 1. The van der Waals surface area contributed by atoms with Gasteiger partial charge in [0.2, 0.25) is 0 Å². The Labute approximate surface area is 279 Å². The molecule has 12 heteroatoms. The summed E-state index contributed by atoms with van der Waals surface area (Å²) in [6.45, 7) is 6.34. The number of amides is 2. The first kappa shape index (κ1) is 32.6. The zero-order valence-electron chi connectivity index (χ0n) is 26.2. The van der Waals surface area contributed by atoms with Crippen molar-refractivity contribution in [3.63, 3.8) is 0 Å². The zero-order valence-corrected chi connectivity index (χ0v) is 27.8. The second-order valence-electron chi connectivity index (χ2n) is 12.7. The lowest BCUT2D eigenvalue weighted by atomic mass is 10.0. The van der Waals surface area contributed by atoms with Crippen molar-refractivity contribution in [2.24, 2.45) is 0 Å². The number of aromatic amines is 1. The van der Waals surface area contributed by atoms with Crippen LogP contribution in [-0.4, -0.2) is 113 Å². The van der Waals surface area contributed by atoms with E-state index in [1.54, 1.807) is 21.6 Å². The van der Waals surface area contributed by atoms with Crippen LogP contribution in [0.4, 0.5) is 4.79 Å². The second kappa shape index (κ2) is 14.6. The van der Waals surface area contributed by atoms with Crippen LogP contribution in [0, 0.1) is 0 Å². The molecule has 3 fully saturated rings. The molecular formula is C34H42Cl2N6O4. The number of carbonyl (C=O) groups is 2. The van der Waals surface area contributed by atoms with Crippen LogP contribution in [0.5, 0.6) is 0 Å². The number of benzene rings is 2. The fourth-order valence-corrected chi connectivity index (χ4v) is 7.19. The van der Waals surface area contributed by atoms with E-state index in [4.69, 9.17) is 27.9 Å². The number of hydrogen-bond acceptors (Lipinski definition) is 6. The number of likely N-dealkylation sites (tertiary alicyclic amines) is 2. The van der Waals surface area contributed by atoms with Crippen LogP contribution in [0.25, 0.3) is 11.3 Å². The topological polar surface area (TPSA) is 94.1 Å². The van der Waals surface area contributed by atoms with Crippen molar-refractivity contribution >= 4 is 35.2 Å². The number of piperidine rings is 2. The molecule has 6 rings (SSSR count). The van der Waals surface area contributed by atoms with E-state index in [0.717, 1.165) is 55.8 Å². The van der Waals surface area contributed by atoms with E-state index in [1.165, 1.54) is 0 Å². The van der Waals surface area contributed by atoms with Crippen molar-refractivity contribution < 1.29 is 14.3 Å². The van der Waals surface area contributed by atoms with Gasteiger partial charge in [-0.05, 0) is 56.0 Å². The molecular weight excluding hydrogens is 627 g/mol.